The smallest absolute Gasteiger partial charge is 0.465 e. The Labute approximate surface area is 152 Å². The van der Waals surface area contributed by atoms with Crippen LogP contribution < -0.4 is 9.64 Å². The van der Waals surface area contributed by atoms with Crippen molar-refractivity contribution in [2.24, 2.45) is 0 Å². The summed E-state index contributed by atoms with van der Waals surface area (Å²) in [4.78, 5) is 16.1. The van der Waals surface area contributed by atoms with Gasteiger partial charge in [0, 0.05) is 30.1 Å². The lowest BCUT2D eigenvalue weighted by molar-refractivity contribution is -0.274. The summed E-state index contributed by atoms with van der Waals surface area (Å²) in [5.41, 5.74) is 0.0189. The number of benzene rings is 1. The van der Waals surface area contributed by atoms with Gasteiger partial charge in [-0.25, -0.2) is 13.2 Å². The van der Waals surface area contributed by atoms with Gasteiger partial charge in [-0.05, 0) is 12.1 Å². The molecule has 2 aromatic rings. The first-order chi connectivity index (χ1) is 12.5. The number of aromatic nitrogens is 1. The van der Waals surface area contributed by atoms with Crippen LogP contribution in [0.15, 0.2) is 42.7 Å². The Bertz CT molecular complexity index is 932. The molecule has 0 aliphatic rings. The van der Waals surface area contributed by atoms with Crippen LogP contribution in [0.2, 0.25) is 0 Å². The molecular formula is C16H15F3N2O5S. The van der Waals surface area contributed by atoms with Gasteiger partial charge in [0.25, 0.3) is 0 Å². The standard InChI is InChI=1S/C16H15F3N2O5S/c1-27(24,25)9-8-21(15(22)23)13-10-20-7-6-11(13)12-4-2-3-5-14(12)26-16(17,18)19/h2-7,10H,8-9H2,1H3,(H,22,23). The molecule has 1 aromatic carbocycles. The van der Waals surface area contributed by atoms with Gasteiger partial charge in [0.15, 0.2) is 0 Å². The summed E-state index contributed by atoms with van der Waals surface area (Å²) in [6.45, 7) is -0.408. The largest absolute Gasteiger partial charge is 0.573 e. The van der Waals surface area contributed by atoms with Gasteiger partial charge in [0.05, 0.1) is 17.6 Å². The van der Waals surface area contributed by atoms with E-state index in [-0.39, 0.29) is 16.8 Å². The van der Waals surface area contributed by atoms with E-state index in [2.05, 4.69) is 9.72 Å². The average Bonchev–Trinajstić information content (AvgIpc) is 2.53. The highest BCUT2D eigenvalue weighted by atomic mass is 32.2. The van der Waals surface area contributed by atoms with Crippen LogP contribution in [-0.2, 0) is 9.84 Å². The molecule has 2 rings (SSSR count). The first kappa shape index (κ1) is 20.5. The highest BCUT2D eigenvalue weighted by Gasteiger charge is 2.32. The number of ether oxygens (including phenoxy) is 1. The summed E-state index contributed by atoms with van der Waals surface area (Å²) in [7, 11) is -3.47. The lowest BCUT2D eigenvalue weighted by Crippen LogP contribution is -2.34. The number of hydrogen-bond acceptors (Lipinski definition) is 5. The van der Waals surface area contributed by atoms with E-state index in [1.807, 2.05) is 0 Å². The van der Waals surface area contributed by atoms with Gasteiger partial charge < -0.3 is 9.84 Å². The molecule has 0 saturated carbocycles. The predicted octanol–water partition coefficient (Wildman–Crippen LogP) is 3.18. The van der Waals surface area contributed by atoms with Crippen molar-refractivity contribution < 1.29 is 36.2 Å². The minimum absolute atomic E-state index is 0.0159. The number of hydrogen-bond donors (Lipinski definition) is 1. The number of carboxylic acid groups (broad SMARTS) is 1. The van der Waals surface area contributed by atoms with Gasteiger partial charge in [0.1, 0.15) is 15.6 Å². The van der Waals surface area contributed by atoms with Crippen LogP contribution in [-0.4, -0.2) is 49.5 Å². The number of para-hydroxylation sites is 1. The van der Waals surface area contributed by atoms with Crippen LogP contribution in [0.3, 0.4) is 0 Å². The SMILES string of the molecule is CS(=O)(=O)CCN(C(=O)O)c1cnccc1-c1ccccc1OC(F)(F)F. The second-order valence-corrected chi connectivity index (χ2v) is 7.76. The highest BCUT2D eigenvalue weighted by Crippen LogP contribution is 2.38. The van der Waals surface area contributed by atoms with Crippen molar-refractivity contribution >= 4 is 21.6 Å². The molecule has 1 amide bonds. The molecule has 0 unspecified atom stereocenters. The minimum Gasteiger partial charge on any atom is -0.465 e. The zero-order valence-electron chi connectivity index (χ0n) is 14.0. The van der Waals surface area contributed by atoms with Gasteiger partial charge in [-0.3, -0.25) is 9.88 Å². The monoisotopic (exact) mass is 404 g/mol. The van der Waals surface area contributed by atoms with Crippen molar-refractivity contribution in [1.82, 2.24) is 4.98 Å². The molecule has 0 radical (unpaired) electrons. The van der Waals surface area contributed by atoms with Crippen LogP contribution >= 0.6 is 0 Å². The second kappa shape index (κ2) is 7.82. The molecule has 0 aliphatic carbocycles. The Balaban J connectivity index is 2.54. The molecular weight excluding hydrogens is 389 g/mol. The van der Waals surface area contributed by atoms with Crippen molar-refractivity contribution in [2.45, 2.75) is 6.36 Å². The number of pyridine rings is 1. The fraction of sp³-hybridized carbons (Fsp3) is 0.250. The van der Waals surface area contributed by atoms with E-state index in [4.69, 9.17) is 0 Å². The third kappa shape index (κ3) is 5.84. The number of rotatable bonds is 6. The van der Waals surface area contributed by atoms with Gasteiger partial charge in [-0.2, -0.15) is 0 Å². The fourth-order valence-electron chi connectivity index (χ4n) is 2.31. The quantitative estimate of drug-likeness (QED) is 0.794. The van der Waals surface area contributed by atoms with Crippen molar-refractivity contribution in [3.63, 3.8) is 0 Å². The number of halogens is 3. The Morgan fingerprint density at radius 3 is 2.48 bits per heavy atom. The number of alkyl halides is 3. The molecule has 0 aliphatic heterocycles. The van der Waals surface area contributed by atoms with Crippen LogP contribution in [0, 0.1) is 0 Å². The fourth-order valence-corrected chi connectivity index (χ4v) is 2.82. The second-order valence-electron chi connectivity index (χ2n) is 5.50. The molecule has 0 saturated heterocycles. The molecule has 1 aromatic heterocycles. The van der Waals surface area contributed by atoms with Gasteiger partial charge in [-0.1, -0.05) is 18.2 Å². The third-order valence-corrected chi connectivity index (χ3v) is 4.33. The normalized spacial score (nSPS) is 11.9. The molecule has 0 bridgehead atoms. The molecule has 7 nitrogen and oxygen atoms in total. The van der Waals surface area contributed by atoms with E-state index in [0.717, 1.165) is 18.5 Å². The summed E-state index contributed by atoms with van der Waals surface area (Å²) < 4.78 is 64.8. The molecule has 1 N–H and O–H groups in total. The number of nitrogens with zero attached hydrogens (tertiary/aromatic N) is 2. The molecule has 0 fully saturated rings. The zero-order chi connectivity index (χ0) is 20.2. The lowest BCUT2D eigenvalue weighted by Gasteiger charge is -2.22. The lowest BCUT2D eigenvalue weighted by atomic mass is 10.0. The molecule has 1 heterocycles. The first-order valence-corrected chi connectivity index (χ1v) is 9.51. The first-order valence-electron chi connectivity index (χ1n) is 7.45. The highest BCUT2D eigenvalue weighted by molar-refractivity contribution is 7.90. The Kier molecular flexibility index (Phi) is 5.94. The van der Waals surface area contributed by atoms with Crippen molar-refractivity contribution in [3.05, 3.63) is 42.7 Å². The zero-order valence-corrected chi connectivity index (χ0v) is 14.8. The molecule has 0 atom stereocenters. The summed E-state index contributed by atoms with van der Waals surface area (Å²) in [6.07, 6.45) is -3.05. The topological polar surface area (TPSA) is 96.8 Å². The van der Waals surface area contributed by atoms with E-state index in [1.165, 1.54) is 30.5 Å². The Hall–Kier alpha value is -2.82. The molecule has 11 heteroatoms. The van der Waals surface area contributed by atoms with E-state index in [9.17, 15) is 31.5 Å². The van der Waals surface area contributed by atoms with Crippen molar-refractivity contribution in [3.8, 4) is 16.9 Å². The van der Waals surface area contributed by atoms with Crippen LogP contribution in [0.5, 0.6) is 5.75 Å². The van der Waals surface area contributed by atoms with Gasteiger partial charge >= 0.3 is 12.5 Å². The molecule has 0 spiro atoms. The number of amides is 1. The number of carbonyl (C=O) groups is 1. The van der Waals surface area contributed by atoms with E-state index < -0.39 is 40.3 Å². The summed E-state index contributed by atoms with van der Waals surface area (Å²) >= 11 is 0. The van der Waals surface area contributed by atoms with Crippen LogP contribution in [0.4, 0.5) is 23.7 Å². The molecule has 146 valence electrons. The Morgan fingerprint density at radius 2 is 1.89 bits per heavy atom. The maximum absolute atomic E-state index is 12.7. The number of sulfone groups is 1. The maximum atomic E-state index is 12.7. The predicted molar refractivity (Wildman–Crippen MR) is 91.4 cm³/mol. The van der Waals surface area contributed by atoms with E-state index in [0.29, 0.717) is 4.90 Å². The van der Waals surface area contributed by atoms with Crippen LogP contribution in [0.1, 0.15) is 0 Å². The minimum atomic E-state index is -4.94. The van der Waals surface area contributed by atoms with E-state index in [1.54, 1.807) is 0 Å². The summed E-state index contributed by atoms with van der Waals surface area (Å²) in [5.74, 6) is -0.986. The summed E-state index contributed by atoms with van der Waals surface area (Å²) in [6, 6.07) is 6.55. The van der Waals surface area contributed by atoms with E-state index >= 15 is 0 Å². The van der Waals surface area contributed by atoms with Crippen LogP contribution in [0.25, 0.3) is 11.1 Å². The summed E-state index contributed by atoms with van der Waals surface area (Å²) in [5, 5.41) is 9.44. The van der Waals surface area contributed by atoms with Gasteiger partial charge in [-0.15, -0.1) is 13.2 Å². The number of anilines is 1. The maximum Gasteiger partial charge on any atom is 0.573 e. The van der Waals surface area contributed by atoms with Crippen molar-refractivity contribution in [2.75, 3.05) is 23.5 Å². The third-order valence-electron chi connectivity index (χ3n) is 3.41. The average molecular weight is 404 g/mol. The van der Waals surface area contributed by atoms with Gasteiger partial charge in [0.2, 0.25) is 0 Å². The van der Waals surface area contributed by atoms with Crippen molar-refractivity contribution in [1.29, 1.82) is 0 Å². The molecule has 27 heavy (non-hydrogen) atoms. The Morgan fingerprint density at radius 1 is 1.22 bits per heavy atom.